The summed E-state index contributed by atoms with van der Waals surface area (Å²) in [4.78, 5) is 7.06. The van der Waals surface area contributed by atoms with E-state index in [1.165, 1.54) is 12.1 Å². The first-order valence-corrected chi connectivity index (χ1v) is 10.4. The number of ether oxygens (including phenoxy) is 2. The molecule has 1 aliphatic rings. The molecule has 1 N–H and O–H groups in total. The number of halogens is 2. The molecule has 1 aliphatic heterocycles. The van der Waals surface area contributed by atoms with Crippen molar-refractivity contribution >= 4 is 40.9 Å². The fourth-order valence-corrected chi connectivity index (χ4v) is 3.65. The van der Waals surface area contributed by atoms with Crippen LogP contribution in [0.2, 0.25) is 0 Å². The van der Waals surface area contributed by atoms with E-state index < -0.39 is 0 Å². The van der Waals surface area contributed by atoms with Crippen LogP contribution in [0.1, 0.15) is 37.5 Å². The Morgan fingerprint density at radius 1 is 1.30 bits per heavy atom. The van der Waals surface area contributed by atoms with Crippen LogP contribution in [0.25, 0.3) is 11.0 Å². The molecule has 6 nitrogen and oxygen atoms in total. The van der Waals surface area contributed by atoms with Gasteiger partial charge >= 0.3 is 0 Å². The number of benzene rings is 1. The molecule has 30 heavy (non-hydrogen) atoms. The zero-order valence-corrected chi connectivity index (χ0v) is 20.4. The first kappa shape index (κ1) is 24.9. The second-order valence-electron chi connectivity index (χ2n) is 7.36. The van der Waals surface area contributed by atoms with E-state index in [1.54, 1.807) is 13.2 Å². The number of aryl methyl sites for hydroxylation is 1. The van der Waals surface area contributed by atoms with Crippen LogP contribution < -0.4 is 5.32 Å². The summed E-state index contributed by atoms with van der Waals surface area (Å²) < 4.78 is 30.4. The van der Waals surface area contributed by atoms with Gasteiger partial charge in [0.25, 0.3) is 0 Å². The maximum Gasteiger partial charge on any atom is 0.194 e. The molecule has 0 spiro atoms. The average Bonchev–Trinajstić information content (AvgIpc) is 3.04. The molecule has 1 aromatic heterocycles. The third kappa shape index (κ3) is 6.55. The van der Waals surface area contributed by atoms with E-state index in [1.807, 2.05) is 6.92 Å². The van der Waals surface area contributed by atoms with E-state index >= 15 is 0 Å². The first-order chi connectivity index (χ1) is 14.1. The van der Waals surface area contributed by atoms with E-state index in [2.05, 4.69) is 17.1 Å². The van der Waals surface area contributed by atoms with E-state index in [0.717, 1.165) is 74.8 Å². The van der Waals surface area contributed by atoms with Crippen molar-refractivity contribution < 1.29 is 18.3 Å². The predicted molar refractivity (Wildman–Crippen MR) is 128 cm³/mol. The Morgan fingerprint density at radius 3 is 2.77 bits per heavy atom. The summed E-state index contributed by atoms with van der Waals surface area (Å²) in [6, 6.07) is 4.61. The van der Waals surface area contributed by atoms with Gasteiger partial charge in [-0.1, -0.05) is 0 Å². The summed E-state index contributed by atoms with van der Waals surface area (Å²) in [5.74, 6) is 1.41. The van der Waals surface area contributed by atoms with Crippen LogP contribution in [0.3, 0.4) is 0 Å². The lowest BCUT2D eigenvalue weighted by atomic mass is 10.1. The number of rotatable bonds is 8. The Balaban J connectivity index is 0.00000320. The number of hydrogen-bond acceptors (Lipinski definition) is 4. The van der Waals surface area contributed by atoms with Crippen LogP contribution in [0.15, 0.2) is 27.6 Å². The van der Waals surface area contributed by atoms with Gasteiger partial charge in [0.2, 0.25) is 0 Å². The second-order valence-corrected chi connectivity index (χ2v) is 7.36. The van der Waals surface area contributed by atoms with E-state index in [9.17, 15) is 4.39 Å². The molecule has 0 unspecified atom stereocenters. The number of nitrogens with zero attached hydrogens (tertiary/aromatic N) is 2. The van der Waals surface area contributed by atoms with Gasteiger partial charge in [-0.25, -0.2) is 9.38 Å². The van der Waals surface area contributed by atoms with Crippen molar-refractivity contribution in [2.45, 2.75) is 45.8 Å². The lowest BCUT2D eigenvalue weighted by molar-refractivity contribution is 0.00989. The molecule has 168 valence electrons. The van der Waals surface area contributed by atoms with Crippen molar-refractivity contribution in [3.63, 3.8) is 0 Å². The van der Waals surface area contributed by atoms with Crippen LogP contribution in [-0.4, -0.2) is 56.9 Å². The third-order valence-electron chi connectivity index (χ3n) is 5.29. The summed E-state index contributed by atoms with van der Waals surface area (Å²) >= 11 is 0. The molecule has 0 amide bonds. The quantitative estimate of drug-likeness (QED) is 0.235. The van der Waals surface area contributed by atoms with Crippen molar-refractivity contribution in [3.05, 3.63) is 35.3 Å². The van der Waals surface area contributed by atoms with Crippen LogP contribution >= 0.6 is 24.0 Å². The zero-order chi connectivity index (χ0) is 20.6. The molecule has 0 aliphatic carbocycles. The highest BCUT2D eigenvalue weighted by molar-refractivity contribution is 14.0. The molecule has 0 radical (unpaired) electrons. The maximum absolute atomic E-state index is 13.5. The number of fused-ring (bicyclic) bond motifs is 1. The molecule has 2 aromatic rings. The number of piperidine rings is 1. The number of likely N-dealkylation sites (tertiary alicyclic amines) is 1. The summed E-state index contributed by atoms with van der Waals surface area (Å²) in [5.41, 5.74) is 1.65. The van der Waals surface area contributed by atoms with Crippen LogP contribution in [0.4, 0.5) is 4.39 Å². The second kappa shape index (κ2) is 12.5. The topological polar surface area (TPSA) is 59.2 Å². The molecule has 0 bridgehead atoms. The van der Waals surface area contributed by atoms with E-state index in [0.29, 0.717) is 18.2 Å². The van der Waals surface area contributed by atoms with Gasteiger partial charge in [-0.05, 0) is 51.3 Å². The number of aliphatic imine (C=N–C) groups is 1. The highest BCUT2D eigenvalue weighted by atomic mass is 127. The minimum absolute atomic E-state index is 0. The molecule has 1 aromatic carbocycles. The number of furan rings is 1. The van der Waals surface area contributed by atoms with Crippen molar-refractivity contribution in [2.75, 3.05) is 40.0 Å². The molecular weight excluding hydrogens is 500 g/mol. The first-order valence-electron chi connectivity index (χ1n) is 10.4. The van der Waals surface area contributed by atoms with Gasteiger partial charge in [-0.3, -0.25) is 0 Å². The Labute approximate surface area is 195 Å². The van der Waals surface area contributed by atoms with Gasteiger partial charge in [0.1, 0.15) is 23.7 Å². The molecular formula is C22H33FIN3O3. The van der Waals surface area contributed by atoms with Crippen LogP contribution in [0, 0.1) is 12.7 Å². The third-order valence-corrected chi connectivity index (χ3v) is 5.29. The fourth-order valence-electron chi connectivity index (χ4n) is 3.65. The molecule has 0 atom stereocenters. The van der Waals surface area contributed by atoms with Crippen LogP contribution in [0.5, 0.6) is 0 Å². The Bertz CT molecular complexity index is 819. The minimum atomic E-state index is -0.253. The molecule has 0 saturated carbocycles. The van der Waals surface area contributed by atoms with Crippen molar-refractivity contribution in [2.24, 2.45) is 4.99 Å². The Kier molecular flexibility index (Phi) is 10.3. The van der Waals surface area contributed by atoms with Gasteiger partial charge in [-0.15, -0.1) is 24.0 Å². The number of guanidine groups is 1. The molecule has 8 heteroatoms. The largest absolute Gasteiger partial charge is 0.459 e. The lowest BCUT2D eigenvalue weighted by Crippen LogP contribution is -2.47. The average molecular weight is 533 g/mol. The summed E-state index contributed by atoms with van der Waals surface area (Å²) in [7, 11) is 1.71. The molecule has 3 rings (SSSR count). The Morgan fingerprint density at radius 2 is 2.07 bits per heavy atom. The molecule has 2 heterocycles. The van der Waals surface area contributed by atoms with Gasteiger partial charge in [0.15, 0.2) is 5.96 Å². The van der Waals surface area contributed by atoms with Gasteiger partial charge in [-0.2, -0.15) is 0 Å². The summed E-state index contributed by atoms with van der Waals surface area (Å²) in [6.45, 7) is 8.55. The SMILES string of the molecule is CCNC(=NCc1oc2ccc(F)cc2c1C)N1CCC(OCCCOC)CC1.I. The van der Waals surface area contributed by atoms with Crippen molar-refractivity contribution in [3.8, 4) is 0 Å². The molecule has 1 saturated heterocycles. The summed E-state index contributed by atoms with van der Waals surface area (Å²) in [6.07, 6.45) is 3.21. The smallest absolute Gasteiger partial charge is 0.194 e. The number of methoxy groups -OCH3 is 1. The van der Waals surface area contributed by atoms with Crippen molar-refractivity contribution in [1.82, 2.24) is 10.2 Å². The Hall–Kier alpha value is -1.39. The fraction of sp³-hybridized carbons (Fsp3) is 0.591. The van der Waals surface area contributed by atoms with Crippen LogP contribution in [-0.2, 0) is 16.0 Å². The van der Waals surface area contributed by atoms with E-state index in [4.69, 9.17) is 18.9 Å². The lowest BCUT2D eigenvalue weighted by Gasteiger charge is -2.34. The maximum atomic E-state index is 13.5. The normalized spacial score (nSPS) is 15.5. The zero-order valence-electron chi connectivity index (χ0n) is 18.1. The number of hydrogen-bond donors (Lipinski definition) is 1. The van der Waals surface area contributed by atoms with E-state index in [-0.39, 0.29) is 29.8 Å². The standard InChI is InChI=1S/C22H32FN3O3.HI/c1-4-24-22(26-10-8-18(9-11-26)28-13-5-12-27-3)25-15-21-16(2)19-14-17(23)6-7-20(19)29-21;/h6-7,14,18H,4-5,8-13,15H2,1-3H3,(H,24,25);1H. The van der Waals surface area contributed by atoms with Gasteiger partial charge < -0.3 is 24.1 Å². The van der Waals surface area contributed by atoms with Gasteiger partial charge in [0.05, 0.1) is 6.10 Å². The number of nitrogens with one attached hydrogen (secondary N) is 1. The highest BCUT2D eigenvalue weighted by Gasteiger charge is 2.22. The van der Waals surface area contributed by atoms with Crippen molar-refractivity contribution in [1.29, 1.82) is 0 Å². The minimum Gasteiger partial charge on any atom is -0.459 e. The summed E-state index contributed by atoms with van der Waals surface area (Å²) in [5, 5.41) is 4.19. The van der Waals surface area contributed by atoms with Gasteiger partial charge in [0, 0.05) is 50.9 Å². The highest BCUT2D eigenvalue weighted by Crippen LogP contribution is 2.26. The predicted octanol–water partition coefficient (Wildman–Crippen LogP) is 4.48. The monoisotopic (exact) mass is 533 g/mol. The molecule has 1 fully saturated rings.